The fraction of sp³-hybridized carbons (Fsp3) is 0.222. The minimum absolute atomic E-state index is 0.138. The highest BCUT2D eigenvalue weighted by molar-refractivity contribution is 6.21. The molecule has 2 aromatic carbocycles. The Kier molecular flexibility index (Phi) is 3.06. The molecular weight excluding hydrogens is 276 g/mol. The van der Waals surface area contributed by atoms with Crippen LogP contribution in [0.2, 0.25) is 0 Å². The maximum Gasteiger partial charge on any atom is 0.258 e. The van der Waals surface area contributed by atoms with Gasteiger partial charge in [0.2, 0.25) is 0 Å². The molecular formula is C18H18N2O2. The highest BCUT2D eigenvalue weighted by atomic mass is 16.2. The van der Waals surface area contributed by atoms with Crippen LogP contribution in [-0.2, 0) is 5.41 Å². The van der Waals surface area contributed by atoms with Crippen molar-refractivity contribution in [1.82, 2.24) is 5.32 Å². The summed E-state index contributed by atoms with van der Waals surface area (Å²) in [7, 11) is 0. The van der Waals surface area contributed by atoms with E-state index in [0.29, 0.717) is 22.4 Å². The molecule has 4 nitrogen and oxygen atoms in total. The first-order valence-electron chi connectivity index (χ1n) is 7.17. The first kappa shape index (κ1) is 14.3. The van der Waals surface area contributed by atoms with Gasteiger partial charge in [-0.2, -0.15) is 0 Å². The van der Waals surface area contributed by atoms with Gasteiger partial charge in [-0.1, -0.05) is 32.9 Å². The Bertz CT molecular complexity index is 749. The quantitative estimate of drug-likeness (QED) is 0.627. The lowest BCUT2D eigenvalue weighted by molar-refractivity contribution is 0.0842. The Morgan fingerprint density at radius 3 is 1.86 bits per heavy atom. The predicted molar refractivity (Wildman–Crippen MR) is 86.8 cm³/mol. The number of imide groups is 1. The van der Waals surface area contributed by atoms with Gasteiger partial charge in [0.15, 0.2) is 0 Å². The third kappa shape index (κ3) is 2.26. The number of hydrogen-bond donors (Lipinski definition) is 2. The second-order valence-corrected chi connectivity index (χ2v) is 6.60. The van der Waals surface area contributed by atoms with Crippen LogP contribution in [0.25, 0.3) is 11.1 Å². The molecule has 2 bridgehead atoms. The van der Waals surface area contributed by atoms with Gasteiger partial charge in [-0.05, 0) is 40.8 Å². The van der Waals surface area contributed by atoms with Gasteiger partial charge < -0.3 is 5.73 Å². The molecule has 22 heavy (non-hydrogen) atoms. The van der Waals surface area contributed by atoms with E-state index in [-0.39, 0.29) is 17.2 Å². The second kappa shape index (κ2) is 4.70. The summed E-state index contributed by atoms with van der Waals surface area (Å²) in [5.74, 6) is -0.703. The molecule has 1 heterocycles. The van der Waals surface area contributed by atoms with Crippen LogP contribution >= 0.6 is 0 Å². The van der Waals surface area contributed by atoms with Crippen molar-refractivity contribution in [3.05, 3.63) is 53.1 Å². The molecule has 4 heteroatoms. The van der Waals surface area contributed by atoms with E-state index in [1.165, 1.54) is 0 Å². The standard InChI is InChI=1S/C18H18N2O2/c1-18(2,3)11-8-13-15(10-4-6-12(19)7-5-10)14(9-11)17(22)20-16(13)21/h4-9H,19H2,1-3H3,(H,20,21,22). The van der Waals surface area contributed by atoms with Gasteiger partial charge in [0.25, 0.3) is 11.8 Å². The highest BCUT2D eigenvalue weighted by Crippen LogP contribution is 2.35. The van der Waals surface area contributed by atoms with Crippen LogP contribution in [0.4, 0.5) is 5.69 Å². The van der Waals surface area contributed by atoms with Crippen molar-refractivity contribution >= 4 is 17.5 Å². The number of fused-ring (bicyclic) bond motifs is 2. The fourth-order valence-corrected chi connectivity index (χ4v) is 2.63. The number of benzene rings is 2. The largest absolute Gasteiger partial charge is 0.399 e. The number of carbonyl (C=O) groups excluding carboxylic acids is 2. The number of nitrogen functional groups attached to an aromatic ring is 1. The Morgan fingerprint density at radius 1 is 0.909 bits per heavy atom. The normalized spacial score (nSPS) is 14.0. The van der Waals surface area contributed by atoms with Gasteiger partial charge in [0.05, 0.1) is 0 Å². The zero-order valence-electron chi connectivity index (χ0n) is 12.9. The molecule has 112 valence electrons. The summed E-state index contributed by atoms with van der Waals surface area (Å²) in [5, 5.41) is 2.39. The lowest BCUT2D eigenvalue weighted by atomic mass is 9.80. The van der Waals surface area contributed by atoms with Gasteiger partial charge in [0, 0.05) is 22.4 Å². The summed E-state index contributed by atoms with van der Waals surface area (Å²) < 4.78 is 0. The molecule has 0 saturated heterocycles. The molecule has 0 aliphatic carbocycles. The molecule has 2 aromatic rings. The van der Waals surface area contributed by atoms with Gasteiger partial charge >= 0.3 is 0 Å². The van der Waals surface area contributed by atoms with E-state index in [0.717, 1.165) is 11.1 Å². The van der Waals surface area contributed by atoms with E-state index in [1.54, 1.807) is 12.1 Å². The van der Waals surface area contributed by atoms with E-state index in [2.05, 4.69) is 26.1 Å². The third-order valence-electron chi connectivity index (χ3n) is 3.92. The predicted octanol–water partition coefficient (Wildman–Crippen LogP) is 3.12. The molecule has 0 unspecified atom stereocenters. The smallest absolute Gasteiger partial charge is 0.258 e. The summed E-state index contributed by atoms with van der Waals surface area (Å²) in [6.45, 7) is 6.17. The molecule has 0 spiro atoms. The minimum atomic E-state index is -0.351. The number of anilines is 1. The molecule has 0 fully saturated rings. The van der Waals surface area contributed by atoms with Gasteiger partial charge in [-0.3, -0.25) is 14.9 Å². The number of hydrogen-bond acceptors (Lipinski definition) is 3. The molecule has 2 amide bonds. The molecule has 0 radical (unpaired) electrons. The van der Waals surface area contributed by atoms with Gasteiger partial charge in [-0.25, -0.2) is 0 Å². The van der Waals surface area contributed by atoms with E-state index < -0.39 is 0 Å². The molecule has 0 atom stereocenters. The Hall–Kier alpha value is -2.62. The molecule has 1 aliphatic rings. The third-order valence-corrected chi connectivity index (χ3v) is 3.92. The average Bonchev–Trinajstić information content (AvgIpc) is 2.44. The van der Waals surface area contributed by atoms with Crippen molar-refractivity contribution in [2.24, 2.45) is 0 Å². The zero-order chi connectivity index (χ0) is 16.1. The average molecular weight is 294 g/mol. The van der Waals surface area contributed by atoms with Gasteiger partial charge in [-0.15, -0.1) is 0 Å². The van der Waals surface area contributed by atoms with Crippen LogP contribution < -0.4 is 11.1 Å². The van der Waals surface area contributed by atoms with Crippen LogP contribution in [0, 0.1) is 0 Å². The Morgan fingerprint density at radius 2 is 1.41 bits per heavy atom. The van der Waals surface area contributed by atoms with Crippen LogP contribution in [0.5, 0.6) is 0 Å². The molecule has 0 aromatic heterocycles. The van der Waals surface area contributed by atoms with Crippen molar-refractivity contribution < 1.29 is 9.59 Å². The lowest BCUT2D eigenvalue weighted by Gasteiger charge is -2.26. The zero-order valence-corrected chi connectivity index (χ0v) is 12.9. The SMILES string of the molecule is CC(C)(C)c1cc2c(-c3ccc(N)cc3)c(c1)C(=O)NC2=O. The maximum atomic E-state index is 12.3. The van der Waals surface area contributed by atoms with Gasteiger partial charge in [0.1, 0.15) is 0 Å². The summed E-state index contributed by atoms with van der Waals surface area (Å²) >= 11 is 0. The van der Waals surface area contributed by atoms with Crippen LogP contribution in [0.3, 0.4) is 0 Å². The van der Waals surface area contributed by atoms with Crippen molar-refractivity contribution in [3.63, 3.8) is 0 Å². The van der Waals surface area contributed by atoms with Crippen molar-refractivity contribution in [1.29, 1.82) is 0 Å². The van der Waals surface area contributed by atoms with Crippen LogP contribution in [0.15, 0.2) is 36.4 Å². The van der Waals surface area contributed by atoms with E-state index in [4.69, 9.17) is 5.73 Å². The number of nitrogens with two attached hydrogens (primary N) is 1. The second-order valence-electron chi connectivity index (χ2n) is 6.60. The molecule has 0 saturated carbocycles. The summed E-state index contributed by atoms with van der Waals surface area (Å²) in [6, 6.07) is 10.9. The van der Waals surface area contributed by atoms with E-state index >= 15 is 0 Å². The van der Waals surface area contributed by atoms with Crippen LogP contribution in [0.1, 0.15) is 47.1 Å². The summed E-state index contributed by atoms with van der Waals surface area (Å²) in [4.78, 5) is 24.5. The van der Waals surface area contributed by atoms with E-state index in [9.17, 15) is 9.59 Å². The topological polar surface area (TPSA) is 72.2 Å². The Labute approximate surface area is 129 Å². The molecule has 3 rings (SSSR count). The fourth-order valence-electron chi connectivity index (χ4n) is 2.63. The lowest BCUT2D eigenvalue weighted by Crippen LogP contribution is -2.36. The summed E-state index contributed by atoms with van der Waals surface area (Å²) in [5.41, 5.74) is 9.77. The number of amides is 2. The number of carbonyl (C=O) groups is 2. The first-order chi connectivity index (χ1) is 10.3. The monoisotopic (exact) mass is 294 g/mol. The first-order valence-corrected chi connectivity index (χ1v) is 7.17. The number of rotatable bonds is 1. The Balaban J connectivity index is 2.30. The van der Waals surface area contributed by atoms with Crippen molar-refractivity contribution in [2.75, 3.05) is 5.73 Å². The highest BCUT2D eigenvalue weighted by Gasteiger charge is 2.30. The molecule has 3 N–H and O–H groups in total. The maximum absolute atomic E-state index is 12.3. The van der Waals surface area contributed by atoms with Crippen molar-refractivity contribution in [3.8, 4) is 11.1 Å². The van der Waals surface area contributed by atoms with Crippen molar-refractivity contribution in [2.45, 2.75) is 26.2 Å². The number of nitrogens with one attached hydrogen (secondary N) is 1. The molecule has 1 aliphatic heterocycles. The van der Waals surface area contributed by atoms with E-state index in [1.807, 2.05) is 24.3 Å². The minimum Gasteiger partial charge on any atom is -0.399 e. The van der Waals surface area contributed by atoms with Crippen LogP contribution in [-0.4, -0.2) is 11.8 Å². The summed E-state index contributed by atoms with van der Waals surface area (Å²) in [6.07, 6.45) is 0.